The van der Waals surface area contributed by atoms with Gasteiger partial charge in [-0.05, 0) is 15.9 Å². The van der Waals surface area contributed by atoms with Gasteiger partial charge in [-0.1, -0.05) is 0 Å². The number of hydrogen-bond donors (Lipinski definition) is 0. The van der Waals surface area contributed by atoms with Gasteiger partial charge < -0.3 is 5.41 Å². The van der Waals surface area contributed by atoms with E-state index in [2.05, 4.69) is 25.9 Å². The van der Waals surface area contributed by atoms with Gasteiger partial charge in [0.25, 0.3) is 0 Å². The molecular formula is C4HBrN3-. The Balaban J connectivity index is 3.01. The molecule has 0 radical (unpaired) electrons. The summed E-state index contributed by atoms with van der Waals surface area (Å²) in [6, 6.07) is 0. The quantitative estimate of drug-likeness (QED) is 0.487. The molecule has 0 N–H and O–H groups in total. The first kappa shape index (κ1) is 5.41. The predicted molar refractivity (Wildman–Crippen MR) is 36.7 cm³/mol. The smallest absolute Gasteiger partial charge is 0.174 e. The van der Waals surface area contributed by atoms with E-state index in [1.54, 1.807) is 5.87 Å². The highest BCUT2D eigenvalue weighted by atomic mass is 79.9. The van der Waals surface area contributed by atoms with Crippen LogP contribution in [0.25, 0.3) is 5.41 Å². The van der Waals surface area contributed by atoms with Gasteiger partial charge in [-0.25, -0.2) is 15.9 Å². The molecule has 1 aliphatic heterocycles. The summed E-state index contributed by atoms with van der Waals surface area (Å²) < 4.78 is 0.606. The summed E-state index contributed by atoms with van der Waals surface area (Å²) in [5, 5.41) is 8.16. The van der Waals surface area contributed by atoms with Crippen LogP contribution in [0.15, 0.2) is 15.8 Å². The van der Waals surface area contributed by atoms with Crippen LogP contribution in [0.1, 0.15) is 0 Å². The number of hydrogen-bond acceptors (Lipinski definition) is 2. The SMILES string of the molecule is [N-]=C=C1N=CC(Br)=N1. The fraction of sp³-hybridized carbons (Fsp3) is 0. The van der Waals surface area contributed by atoms with Crippen molar-refractivity contribution in [2.45, 2.75) is 0 Å². The minimum Gasteiger partial charge on any atom is -0.760 e. The highest BCUT2D eigenvalue weighted by molar-refractivity contribution is 9.19. The first-order valence-corrected chi connectivity index (χ1v) is 2.67. The molecule has 0 bridgehead atoms. The Morgan fingerprint density at radius 1 is 1.75 bits per heavy atom. The van der Waals surface area contributed by atoms with Crippen LogP contribution in [0.3, 0.4) is 0 Å². The van der Waals surface area contributed by atoms with E-state index in [9.17, 15) is 0 Å². The molecule has 0 unspecified atom stereocenters. The normalized spacial score (nSPS) is 16.1. The molecular weight excluding hydrogens is 170 g/mol. The summed E-state index contributed by atoms with van der Waals surface area (Å²) in [5.74, 6) is 2.00. The van der Waals surface area contributed by atoms with E-state index in [0.29, 0.717) is 4.62 Å². The molecule has 0 aromatic carbocycles. The Labute approximate surface area is 54.5 Å². The molecule has 1 rings (SSSR count). The maximum absolute atomic E-state index is 8.16. The molecule has 40 valence electrons. The second kappa shape index (κ2) is 2.03. The van der Waals surface area contributed by atoms with Crippen molar-refractivity contribution in [1.29, 1.82) is 0 Å². The highest BCUT2D eigenvalue weighted by Crippen LogP contribution is 2.03. The maximum atomic E-state index is 8.16. The lowest BCUT2D eigenvalue weighted by atomic mass is 10.8. The summed E-state index contributed by atoms with van der Waals surface area (Å²) in [5.41, 5.74) is 0. The van der Waals surface area contributed by atoms with Gasteiger partial charge in [-0.15, -0.1) is 0 Å². The Kier molecular flexibility index (Phi) is 1.37. The van der Waals surface area contributed by atoms with Gasteiger partial charge in [0.15, 0.2) is 5.82 Å². The lowest BCUT2D eigenvalue weighted by Gasteiger charge is -1.78. The summed E-state index contributed by atoms with van der Waals surface area (Å²) in [6.45, 7) is 0. The molecule has 3 nitrogen and oxygen atoms in total. The van der Waals surface area contributed by atoms with Crippen LogP contribution < -0.4 is 0 Å². The zero-order valence-corrected chi connectivity index (χ0v) is 5.38. The monoisotopic (exact) mass is 170 g/mol. The van der Waals surface area contributed by atoms with Gasteiger partial charge in [0.2, 0.25) is 0 Å². The Bertz CT molecular complexity index is 209. The van der Waals surface area contributed by atoms with Crippen LogP contribution >= 0.6 is 15.9 Å². The van der Waals surface area contributed by atoms with Crippen molar-refractivity contribution in [1.82, 2.24) is 0 Å². The van der Waals surface area contributed by atoms with Gasteiger partial charge in [0.05, 0.1) is 6.21 Å². The molecule has 0 fully saturated rings. The van der Waals surface area contributed by atoms with Crippen LogP contribution in [0.4, 0.5) is 0 Å². The Morgan fingerprint density at radius 3 is 2.75 bits per heavy atom. The third-order valence-electron chi connectivity index (χ3n) is 0.606. The van der Waals surface area contributed by atoms with Gasteiger partial charge in [-0.3, -0.25) is 0 Å². The summed E-state index contributed by atoms with van der Waals surface area (Å²) in [4.78, 5) is 7.29. The van der Waals surface area contributed by atoms with Crippen molar-refractivity contribution < 1.29 is 0 Å². The zero-order valence-electron chi connectivity index (χ0n) is 3.80. The van der Waals surface area contributed by atoms with Crippen LogP contribution in [-0.2, 0) is 0 Å². The third kappa shape index (κ3) is 0.911. The van der Waals surface area contributed by atoms with Crippen LogP contribution in [0.5, 0.6) is 0 Å². The van der Waals surface area contributed by atoms with E-state index in [1.165, 1.54) is 6.21 Å². The number of rotatable bonds is 0. The molecule has 0 atom stereocenters. The molecule has 0 spiro atoms. The summed E-state index contributed by atoms with van der Waals surface area (Å²) >= 11 is 3.05. The number of halogens is 1. The van der Waals surface area contributed by atoms with Gasteiger partial charge in [0.1, 0.15) is 4.62 Å². The van der Waals surface area contributed by atoms with Crippen LogP contribution in [0, 0.1) is 0 Å². The van der Waals surface area contributed by atoms with Gasteiger partial charge >= 0.3 is 0 Å². The van der Waals surface area contributed by atoms with Gasteiger partial charge in [0, 0.05) is 0 Å². The molecule has 0 aromatic rings. The fourth-order valence-electron chi connectivity index (χ4n) is 0.327. The Morgan fingerprint density at radius 2 is 2.50 bits per heavy atom. The molecule has 1 heterocycles. The molecule has 1 aliphatic rings. The van der Waals surface area contributed by atoms with E-state index in [0.717, 1.165) is 0 Å². The van der Waals surface area contributed by atoms with Crippen LogP contribution in [-0.4, -0.2) is 16.7 Å². The molecule has 4 heteroatoms. The predicted octanol–water partition coefficient (Wildman–Crippen LogP) is 0.945. The topological polar surface area (TPSA) is 47.0 Å². The fourth-order valence-corrected chi connectivity index (χ4v) is 0.598. The Hall–Kier alpha value is -0.730. The van der Waals surface area contributed by atoms with Crippen molar-refractivity contribution in [2.75, 3.05) is 0 Å². The van der Waals surface area contributed by atoms with Crippen molar-refractivity contribution in [3.63, 3.8) is 0 Å². The lowest BCUT2D eigenvalue weighted by molar-refractivity contribution is 1.34. The van der Waals surface area contributed by atoms with Gasteiger partial charge in [-0.2, -0.15) is 0 Å². The van der Waals surface area contributed by atoms with Crippen molar-refractivity contribution in [3.8, 4) is 0 Å². The van der Waals surface area contributed by atoms with Crippen molar-refractivity contribution in [2.24, 2.45) is 9.98 Å². The number of nitrogens with zero attached hydrogens (tertiary/aromatic N) is 3. The highest BCUT2D eigenvalue weighted by Gasteiger charge is 1.96. The van der Waals surface area contributed by atoms with Crippen molar-refractivity contribution >= 4 is 32.6 Å². The molecule has 8 heavy (non-hydrogen) atoms. The zero-order chi connectivity index (χ0) is 5.98. The minimum atomic E-state index is 0.205. The van der Waals surface area contributed by atoms with E-state index in [4.69, 9.17) is 5.41 Å². The third-order valence-corrected chi connectivity index (χ3v) is 0.988. The second-order valence-corrected chi connectivity index (χ2v) is 1.94. The van der Waals surface area contributed by atoms with E-state index in [1.807, 2.05) is 0 Å². The lowest BCUT2D eigenvalue weighted by Crippen LogP contribution is -1.75. The van der Waals surface area contributed by atoms with Crippen LogP contribution in [0.2, 0.25) is 0 Å². The molecule has 0 saturated heterocycles. The van der Waals surface area contributed by atoms with E-state index in [-0.39, 0.29) is 5.82 Å². The maximum Gasteiger partial charge on any atom is 0.174 e. The minimum absolute atomic E-state index is 0.205. The largest absolute Gasteiger partial charge is 0.760 e. The number of aliphatic imine (C=N–C) groups is 2. The molecule has 0 aromatic heterocycles. The van der Waals surface area contributed by atoms with E-state index < -0.39 is 0 Å². The first-order valence-electron chi connectivity index (χ1n) is 1.88. The van der Waals surface area contributed by atoms with Crippen molar-refractivity contribution in [3.05, 3.63) is 11.2 Å². The summed E-state index contributed by atoms with van der Waals surface area (Å²) in [6.07, 6.45) is 1.48. The standard InChI is InChI=1S/C4HBrN3/c5-3-2-7-4(1-6)8-3/h2H/q-1. The average molecular weight is 171 g/mol. The second-order valence-electron chi connectivity index (χ2n) is 1.13. The average Bonchev–Trinajstić information content (AvgIpc) is 2.14. The van der Waals surface area contributed by atoms with E-state index >= 15 is 0 Å². The first-order chi connectivity index (χ1) is 3.83. The molecule has 0 aliphatic carbocycles. The summed E-state index contributed by atoms with van der Waals surface area (Å²) in [7, 11) is 0. The molecule has 0 amide bonds. The molecule has 0 saturated carbocycles.